The molecule has 0 fully saturated rings. The highest BCUT2D eigenvalue weighted by Crippen LogP contribution is 2.32. The normalized spacial score (nSPS) is 10.7. The zero-order valence-corrected chi connectivity index (χ0v) is 52.7. The third-order valence-corrected chi connectivity index (χ3v) is 20.9. The van der Waals surface area contributed by atoms with Crippen LogP contribution in [0.2, 0.25) is 0 Å². The third kappa shape index (κ3) is 14.7. The van der Waals surface area contributed by atoms with Crippen molar-refractivity contribution in [3.8, 4) is 0 Å². The molecule has 0 radical (unpaired) electrons. The standard InChI is InChI=1S/7C10H10S/c1-7-3-4-10-9(5-7)8(2)6-11-10;1-7-3-4-10-9(5-7)6-8(2)11-10;1-7-3-4-9-6-8(2)11-10(9)5-7;1-7-3-4-10-9(8(7)2)5-6-11-10;1-7-4-3-5-10-9(7)6-8(2)11-10;1-7-4-3-5-9-10(7)8(2)6-11-9;1-7-8(2)11-10-6-4-3-5-9(7)10/h7*3-6H,1-2H3. The average molecular weight is 1140 g/mol. The molecular formula is C70H70S7. The Hall–Kier alpha value is -5.74. The first-order chi connectivity index (χ1) is 36.9. The molecule has 7 heteroatoms. The first-order valence-corrected chi connectivity index (χ1v) is 32.0. The minimum Gasteiger partial charge on any atom is -0.144 e. The fourth-order valence-electron chi connectivity index (χ4n) is 9.22. The van der Waals surface area contributed by atoms with Crippen molar-refractivity contribution in [2.45, 2.75) is 96.9 Å². The van der Waals surface area contributed by atoms with Crippen LogP contribution in [0.25, 0.3) is 70.6 Å². The molecule has 392 valence electrons. The molecule has 0 nitrogen and oxygen atoms in total. The summed E-state index contributed by atoms with van der Waals surface area (Å²) in [5.41, 5.74) is 13.9. The summed E-state index contributed by atoms with van der Waals surface area (Å²) in [7, 11) is 0. The largest absolute Gasteiger partial charge is 0.144 e. The van der Waals surface area contributed by atoms with Gasteiger partial charge in [-0.25, -0.2) is 0 Å². The van der Waals surface area contributed by atoms with Crippen LogP contribution >= 0.6 is 79.4 Å². The molecule has 0 saturated carbocycles. The lowest BCUT2D eigenvalue weighted by Crippen LogP contribution is -1.78. The summed E-state index contributed by atoms with van der Waals surface area (Å²) in [6.07, 6.45) is 0. The maximum Gasteiger partial charge on any atom is 0.0348 e. The van der Waals surface area contributed by atoms with Crippen molar-refractivity contribution in [2.24, 2.45) is 0 Å². The lowest BCUT2D eigenvalue weighted by Gasteiger charge is -1.99. The molecule has 7 aromatic heterocycles. The number of aryl methyl sites for hydroxylation is 14. The van der Waals surface area contributed by atoms with E-state index in [1.165, 1.54) is 146 Å². The van der Waals surface area contributed by atoms with Crippen molar-refractivity contribution < 1.29 is 0 Å². The Bertz CT molecular complexity index is 4120. The fourth-order valence-corrected chi connectivity index (χ4v) is 16.0. The number of rotatable bonds is 0. The SMILES string of the molecule is Cc1cc2c(C)cccc2s1.Cc1ccc2cc(C)sc2c1.Cc1ccc2sc(C)cc2c1.Cc1ccc2scc(C)c2c1.Cc1ccc2sccc2c1C.Cc1cccc2scc(C)c12.Cc1sc2ccccc2c1C. The van der Waals surface area contributed by atoms with Crippen molar-refractivity contribution >= 4 is 150 Å². The van der Waals surface area contributed by atoms with E-state index in [2.05, 4.69) is 265 Å². The van der Waals surface area contributed by atoms with Crippen LogP contribution < -0.4 is 0 Å². The third-order valence-electron chi connectivity index (χ3n) is 13.7. The number of hydrogen-bond donors (Lipinski definition) is 0. The molecule has 0 aliphatic heterocycles. The van der Waals surface area contributed by atoms with Gasteiger partial charge in [0.2, 0.25) is 0 Å². The van der Waals surface area contributed by atoms with E-state index in [-0.39, 0.29) is 0 Å². The van der Waals surface area contributed by atoms with Crippen LogP contribution in [0.3, 0.4) is 0 Å². The first-order valence-electron chi connectivity index (χ1n) is 26.1. The number of thiophene rings is 7. The Morgan fingerprint density at radius 3 is 1.55 bits per heavy atom. The van der Waals surface area contributed by atoms with Gasteiger partial charge in [-0.05, 0) is 262 Å². The molecule has 0 aliphatic carbocycles. The van der Waals surface area contributed by atoms with Gasteiger partial charge in [0.1, 0.15) is 0 Å². The van der Waals surface area contributed by atoms with Crippen LogP contribution in [-0.4, -0.2) is 0 Å². The second-order valence-corrected chi connectivity index (χ2v) is 27.9. The fraction of sp³-hybridized carbons (Fsp3) is 0.200. The van der Waals surface area contributed by atoms with Gasteiger partial charge in [0.05, 0.1) is 0 Å². The van der Waals surface area contributed by atoms with E-state index in [1.54, 1.807) is 0 Å². The van der Waals surface area contributed by atoms with Gasteiger partial charge < -0.3 is 0 Å². The van der Waals surface area contributed by atoms with Gasteiger partial charge in [-0.1, -0.05) is 96.1 Å². The van der Waals surface area contributed by atoms with Gasteiger partial charge in [0.15, 0.2) is 0 Å². The predicted octanol–water partition coefficient (Wildman–Crippen LogP) is 24.6. The van der Waals surface area contributed by atoms with Crippen molar-refractivity contribution in [1.82, 2.24) is 0 Å². The second-order valence-electron chi connectivity index (χ2n) is 20.0. The number of benzene rings is 7. The molecule has 0 saturated heterocycles. The van der Waals surface area contributed by atoms with Gasteiger partial charge in [-0.2, -0.15) is 0 Å². The minimum absolute atomic E-state index is 1.34. The highest BCUT2D eigenvalue weighted by Gasteiger charge is 2.05. The molecule has 0 spiro atoms. The van der Waals surface area contributed by atoms with Crippen molar-refractivity contribution in [3.63, 3.8) is 0 Å². The Morgan fingerprint density at radius 1 is 0.273 bits per heavy atom. The van der Waals surface area contributed by atoms with E-state index in [9.17, 15) is 0 Å². The summed E-state index contributed by atoms with van der Waals surface area (Å²) < 4.78 is 9.81. The molecule has 0 bridgehead atoms. The zero-order chi connectivity index (χ0) is 54.9. The molecule has 0 atom stereocenters. The molecule has 0 aliphatic rings. The lowest BCUT2D eigenvalue weighted by atomic mass is 10.1. The monoisotopic (exact) mass is 1130 g/mol. The minimum atomic E-state index is 1.34. The van der Waals surface area contributed by atoms with Crippen molar-refractivity contribution in [1.29, 1.82) is 0 Å². The number of hydrogen-bond acceptors (Lipinski definition) is 7. The number of fused-ring (bicyclic) bond motifs is 7. The molecule has 0 N–H and O–H groups in total. The maximum atomic E-state index is 2.26. The summed E-state index contributed by atoms with van der Waals surface area (Å²) in [6, 6.07) is 54.6. The summed E-state index contributed by atoms with van der Waals surface area (Å²) in [4.78, 5) is 5.62. The Morgan fingerprint density at radius 2 is 0.805 bits per heavy atom. The summed E-state index contributed by atoms with van der Waals surface area (Å²) in [6.45, 7) is 30.2. The molecule has 77 heavy (non-hydrogen) atoms. The van der Waals surface area contributed by atoms with Crippen LogP contribution in [0.15, 0.2) is 168 Å². The Labute approximate surface area is 485 Å². The molecule has 7 aromatic carbocycles. The van der Waals surface area contributed by atoms with Gasteiger partial charge in [-0.3, -0.25) is 0 Å². The van der Waals surface area contributed by atoms with Crippen molar-refractivity contribution in [2.75, 3.05) is 0 Å². The van der Waals surface area contributed by atoms with Gasteiger partial charge in [0, 0.05) is 52.4 Å². The van der Waals surface area contributed by atoms with E-state index in [1.807, 2.05) is 79.4 Å². The topological polar surface area (TPSA) is 0 Å². The van der Waals surface area contributed by atoms with Crippen LogP contribution in [0.4, 0.5) is 0 Å². The van der Waals surface area contributed by atoms with Crippen LogP contribution in [0.5, 0.6) is 0 Å². The van der Waals surface area contributed by atoms with Gasteiger partial charge in [-0.15, -0.1) is 79.4 Å². The van der Waals surface area contributed by atoms with Gasteiger partial charge in [0.25, 0.3) is 0 Å². The quantitative estimate of drug-likeness (QED) is 0.142. The van der Waals surface area contributed by atoms with E-state index in [0.29, 0.717) is 0 Å². The second kappa shape index (κ2) is 26.3. The molecular weight excluding hydrogens is 1070 g/mol. The van der Waals surface area contributed by atoms with E-state index in [4.69, 9.17) is 0 Å². The van der Waals surface area contributed by atoms with Crippen LogP contribution in [0.1, 0.15) is 75.1 Å². The summed E-state index contributed by atoms with van der Waals surface area (Å²) >= 11 is 12.9. The molecule has 0 amide bonds. The predicted molar refractivity (Wildman–Crippen MR) is 359 cm³/mol. The maximum absolute atomic E-state index is 2.26. The highest BCUT2D eigenvalue weighted by atomic mass is 32.1. The molecule has 14 rings (SSSR count). The highest BCUT2D eigenvalue weighted by molar-refractivity contribution is 7.20. The smallest absolute Gasteiger partial charge is 0.0348 e. The van der Waals surface area contributed by atoms with E-state index < -0.39 is 0 Å². The zero-order valence-electron chi connectivity index (χ0n) is 47.0. The van der Waals surface area contributed by atoms with E-state index in [0.717, 1.165) is 0 Å². The molecule has 7 heterocycles. The first kappa shape index (κ1) is 57.4. The van der Waals surface area contributed by atoms with Gasteiger partial charge >= 0.3 is 0 Å². The van der Waals surface area contributed by atoms with Crippen LogP contribution in [-0.2, 0) is 0 Å². The Kier molecular flexibility index (Phi) is 19.6. The van der Waals surface area contributed by atoms with Crippen molar-refractivity contribution in [3.05, 3.63) is 243 Å². The average Bonchev–Trinajstić information content (AvgIpc) is 4.31. The molecule has 0 unspecified atom stereocenters. The lowest BCUT2D eigenvalue weighted by molar-refractivity contribution is 1.39. The van der Waals surface area contributed by atoms with Crippen LogP contribution in [0, 0.1) is 96.9 Å². The summed E-state index contributed by atoms with van der Waals surface area (Å²) in [5.74, 6) is 0. The Balaban J connectivity index is 0.000000119. The molecule has 14 aromatic rings. The van der Waals surface area contributed by atoms with E-state index >= 15 is 0 Å². The summed E-state index contributed by atoms with van der Waals surface area (Å²) in [5, 5.41) is 16.4.